The van der Waals surface area contributed by atoms with Gasteiger partial charge in [-0.2, -0.15) is 4.98 Å². The fourth-order valence-electron chi connectivity index (χ4n) is 1.53. The SMILES string of the molecule is CCc1cccc(Nc2nc(NN)ncc2F)c1. The second-order valence-electron chi connectivity index (χ2n) is 3.71. The molecule has 0 radical (unpaired) electrons. The van der Waals surface area contributed by atoms with Gasteiger partial charge in [0.25, 0.3) is 0 Å². The van der Waals surface area contributed by atoms with Gasteiger partial charge in [0.1, 0.15) is 0 Å². The van der Waals surface area contributed by atoms with E-state index in [0.717, 1.165) is 23.9 Å². The molecule has 18 heavy (non-hydrogen) atoms. The minimum atomic E-state index is -0.532. The molecule has 1 aromatic carbocycles. The van der Waals surface area contributed by atoms with E-state index < -0.39 is 5.82 Å². The van der Waals surface area contributed by atoms with Gasteiger partial charge in [-0.25, -0.2) is 15.2 Å². The van der Waals surface area contributed by atoms with Crippen molar-refractivity contribution in [2.45, 2.75) is 13.3 Å². The van der Waals surface area contributed by atoms with E-state index in [4.69, 9.17) is 5.84 Å². The van der Waals surface area contributed by atoms with Crippen molar-refractivity contribution in [2.75, 3.05) is 10.7 Å². The number of aryl methyl sites for hydroxylation is 1. The largest absolute Gasteiger partial charge is 0.338 e. The first-order valence-corrected chi connectivity index (χ1v) is 5.58. The van der Waals surface area contributed by atoms with Gasteiger partial charge in [0.15, 0.2) is 11.6 Å². The number of hydrogen-bond acceptors (Lipinski definition) is 5. The van der Waals surface area contributed by atoms with Crippen LogP contribution in [-0.2, 0) is 6.42 Å². The quantitative estimate of drug-likeness (QED) is 0.570. The molecule has 0 aliphatic carbocycles. The summed E-state index contributed by atoms with van der Waals surface area (Å²) in [5.41, 5.74) is 4.21. The van der Waals surface area contributed by atoms with E-state index in [9.17, 15) is 4.39 Å². The summed E-state index contributed by atoms with van der Waals surface area (Å²) in [4.78, 5) is 7.58. The van der Waals surface area contributed by atoms with Gasteiger partial charge in [-0.3, -0.25) is 5.43 Å². The lowest BCUT2D eigenvalue weighted by molar-refractivity contribution is 0.619. The summed E-state index contributed by atoms with van der Waals surface area (Å²) in [7, 11) is 0. The van der Waals surface area contributed by atoms with E-state index >= 15 is 0 Å². The average molecular weight is 247 g/mol. The highest BCUT2D eigenvalue weighted by atomic mass is 19.1. The molecule has 2 rings (SSSR count). The molecule has 0 saturated heterocycles. The van der Waals surface area contributed by atoms with Crippen LogP contribution in [0.25, 0.3) is 0 Å². The normalized spacial score (nSPS) is 10.2. The van der Waals surface area contributed by atoms with Crippen molar-refractivity contribution in [3.05, 3.63) is 41.8 Å². The van der Waals surface area contributed by atoms with Crippen LogP contribution in [0.1, 0.15) is 12.5 Å². The molecule has 5 nitrogen and oxygen atoms in total. The third-order valence-corrected chi connectivity index (χ3v) is 2.47. The summed E-state index contributed by atoms with van der Waals surface area (Å²) < 4.78 is 13.5. The summed E-state index contributed by atoms with van der Waals surface area (Å²) in [5, 5.41) is 2.90. The Balaban J connectivity index is 2.27. The van der Waals surface area contributed by atoms with Crippen molar-refractivity contribution >= 4 is 17.5 Å². The van der Waals surface area contributed by atoms with Crippen molar-refractivity contribution in [3.8, 4) is 0 Å². The van der Waals surface area contributed by atoms with Crippen LogP contribution in [0.5, 0.6) is 0 Å². The highest BCUT2D eigenvalue weighted by Crippen LogP contribution is 2.19. The number of rotatable bonds is 4. The molecular formula is C12H14FN5. The minimum absolute atomic E-state index is 0.0891. The molecule has 6 heteroatoms. The van der Waals surface area contributed by atoms with E-state index in [1.807, 2.05) is 24.3 Å². The summed E-state index contributed by atoms with van der Waals surface area (Å²) in [5.74, 6) is 4.90. The van der Waals surface area contributed by atoms with E-state index in [0.29, 0.717) is 0 Å². The molecule has 0 unspecified atom stereocenters. The maximum absolute atomic E-state index is 13.5. The van der Waals surface area contributed by atoms with E-state index in [1.54, 1.807) is 0 Å². The molecule has 0 aliphatic heterocycles. The summed E-state index contributed by atoms with van der Waals surface area (Å²) in [6.45, 7) is 2.06. The van der Waals surface area contributed by atoms with Crippen LogP contribution in [0.4, 0.5) is 21.8 Å². The van der Waals surface area contributed by atoms with Gasteiger partial charge in [0.05, 0.1) is 6.20 Å². The van der Waals surface area contributed by atoms with Crippen LogP contribution >= 0.6 is 0 Å². The van der Waals surface area contributed by atoms with Gasteiger partial charge in [0.2, 0.25) is 5.95 Å². The fourth-order valence-corrected chi connectivity index (χ4v) is 1.53. The van der Waals surface area contributed by atoms with E-state index in [-0.39, 0.29) is 11.8 Å². The van der Waals surface area contributed by atoms with Gasteiger partial charge in [0, 0.05) is 5.69 Å². The van der Waals surface area contributed by atoms with Gasteiger partial charge in [-0.05, 0) is 24.1 Å². The zero-order valence-electron chi connectivity index (χ0n) is 9.94. The molecule has 1 aromatic heterocycles. The van der Waals surface area contributed by atoms with Gasteiger partial charge < -0.3 is 5.32 Å². The molecule has 4 N–H and O–H groups in total. The highest BCUT2D eigenvalue weighted by Gasteiger charge is 2.06. The van der Waals surface area contributed by atoms with Crippen LogP contribution in [0.3, 0.4) is 0 Å². The Labute approximate surface area is 104 Å². The monoisotopic (exact) mass is 247 g/mol. The van der Waals surface area contributed by atoms with Crippen molar-refractivity contribution in [3.63, 3.8) is 0 Å². The number of anilines is 3. The second kappa shape index (κ2) is 5.42. The first-order chi connectivity index (χ1) is 8.72. The third kappa shape index (κ3) is 2.72. The molecule has 0 saturated carbocycles. The zero-order chi connectivity index (χ0) is 13.0. The summed E-state index contributed by atoms with van der Waals surface area (Å²) in [6, 6.07) is 7.70. The molecule has 0 aliphatic rings. The number of benzene rings is 1. The molecular weight excluding hydrogens is 233 g/mol. The summed E-state index contributed by atoms with van der Waals surface area (Å²) >= 11 is 0. The Morgan fingerprint density at radius 2 is 2.22 bits per heavy atom. The van der Waals surface area contributed by atoms with Crippen LogP contribution in [0.15, 0.2) is 30.5 Å². The molecule has 0 atom stereocenters. The minimum Gasteiger partial charge on any atom is -0.338 e. The number of halogens is 1. The molecule has 1 heterocycles. The lowest BCUT2D eigenvalue weighted by atomic mass is 10.1. The number of aromatic nitrogens is 2. The predicted octanol–water partition coefficient (Wildman–Crippen LogP) is 2.21. The summed E-state index contributed by atoms with van der Waals surface area (Å²) in [6.07, 6.45) is 1.98. The van der Waals surface area contributed by atoms with Crippen molar-refractivity contribution in [2.24, 2.45) is 5.84 Å². The Morgan fingerprint density at radius 3 is 2.94 bits per heavy atom. The maximum atomic E-state index is 13.5. The molecule has 0 bridgehead atoms. The lowest BCUT2D eigenvalue weighted by Gasteiger charge is -2.08. The van der Waals surface area contributed by atoms with Crippen LogP contribution in [-0.4, -0.2) is 9.97 Å². The van der Waals surface area contributed by atoms with Crippen molar-refractivity contribution in [1.82, 2.24) is 9.97 Å². The standard InChI is InChI=1S/C12H14FN5/c1-2-8-4-3-5-9(6-8)16-11-10(13)7-15-12(17-11)18-14/h3-7H,2,14H2,1H3,(H2,15,16,17,18). The van der Waals surface area contributed by atoms with E-state index in [1.165, 1.54) is 0 Å². The lowest BCUT2D eigenvalue weighted by Crippen LogP contribution is -2.12. The fraction of sp³-hybridized carbons (Fsp3) is 0.167. The number of nitrogen functional groups attached to an aromatic ring is 1. The molecule has 0 fully saturated rings. The third-order valence-electron chi connectivity index (χ3n) is 2.47. The number of nitrogens with two attached hydrogens (primary N) is 1. The highest BCUT2D eigenvalue weighted by molar-refractivity contribution is 5.58. The number of nitrogens with one attached hydrogen (secondary N) is 2. The van der Waals surface area contributed by atoms with E-state index in [2.05, 4.69) is 27.6 Å². The number of hydrogen-bond donors (Lipinski definition) is 3. The topological polar surface area (TPSA) is 75.9 Å². The Hall–Kier alpha value is -2.21. The average Bonchev–Trinajstić information content (AvgIpc) is 2.41. The predicted molar refractivity (Wildman–Crippen MR) is 68.9 cm³/mol. The van der Waals surface area contributed by atoms with Gasteiger partial charge in [-0.1, -0.05) is 19.1 Å². The van der Waals surface area contributed by atoms with Gasteiger partial charge in [-0.15, -0.1) is 0 Å². The Bertz CT molecular complexity index is 544. The van der Waals surface area contributed by atoms with Crippen LogP contribution in [0.2, 0.25) is 0 Å². The smallest absolute Gasteiger partial charge is 0.239 e. The first-order valence-electron chi connectivity index (χ1n) is 5.58. The molecule has 94 valence electrons. The van der Waals surface area contributed by atoms with Crippen molar-refractivity contribution < 1.29 is 4.39 Å². The Morgan fingerprint density at radius 1 is 1.39 bits per heavy atom. The molecule has 0 amide bonds. The molecule has 0 spiro atoms. The molecule has 2 aromatic rings. The first kappa shape index (κ1) is 12.3. The number of nitrogens with zero attached hydrogens (tertiary/aromatic N) is 2. The van der Waals surface area contributed by atoms with Crippen molar-refractivity contribution in [1.29, 1.82) is 0 Å². The van der Waals surface area contributed by atoms with Crippen LogP contribution in [0, 0.1) is 5.82 Å². The van der Waals surface area contributed by atoms with Gasteiger partial charge >= 0.3 is 0 Å². The zero-order valence-corrected chi connectivity index (χ0v) is 9.94. The number of hydrazine groups is 1. The second-order valence-corrected chi connectivity index (χ2v) is 3.71. The Kier molecular flexibility index (Phi) is 3.69. The maximum Gasteiger partial charge on any atom is 0.239 e. The van der Waals surface area contributed by atoms with Crippen LogP contribution < -0.4 is 16.6 Å².